The summed E-state index contributed by atoms with van der Waals surface area (Å²) in [5.41, 5.74) is -0.700. The molecule has 2 N–H and O–H groups in total. The molecule has 1 aromatic rings. The molecule has 2 fully saturated rings. The van der Waals surface area contributed by atoms with Crippen LogP contribution in [0.25, 0.3) is 0 Å². The van der Waals surface area contributed by atoms with Gasteiger partial charge in [0.25, 0.3) is 0 Å². The van der Waals surface area contributed by atoms with Crippen LogP contribution in [-0.2, 0) is 5.54 Å². The third-order valence-electron chi connectivity index (χ3n) is 4.10. The minimum absolute atomic E-state index is 0.0318. The number of amides is 2. The molecule has 0 radical (unpaired) electrons. The molecule has 1 aliphatic heterocycles. The van der Waals surface area contributed by atoms with Gasteiger partial charge >= 0.3 is 6.03 Å². The summed E-state index contributed by atoms with van der Waals surface area (Å²) in [7, 11) is 0. The Bertz CT molecular complexity index is 602. The van der Waals surface area contributed by atoms with Crippen LogP contribution in [0.2, 0.25) is 0 Å². The van der Waals surface area contributed by atoms with E-state index in [-0.39, 0.29) is 11.9 Å². The quantitative estimate of drug-likeness (QED) is 0.872. The first kappa shape index (κ1) is 13.5. The van der Waals surface area contributed by atoms with Crippen LogP contribution < -0.4 is 5.32 Å². The molecule has 0 spiro atoms. The molecule has 6 heteroatoms. The van der Waals surface area contributed by atoms with Gasteiger partial charge in [-0.05, 0) is 37.8 Å². The van der Waals surface area contributed by atoms with Crippen molar-refractivity contribution in [2.75, 3.05) is 6.54 Å². The third kappa shape index (κ3) is 2.02. The van der Waals surface area contributed by atoms with Crippen LogP contribution in [0.15, 0.2) is 22.7 Å². The van der Waals surface area contributed by atoms with Crippen molar-refractivity contribution in [2.24, 2.45) is 5.92 Å². The predicted molar refractivity (Wildman–Crippen MR) is 77.1 cm³/mol. The molecular formula is C14H15BrFN3O. The first-order valence-corrected chi connectivity index (χ1v) is 7.35. The van der Waals surface area contributed by atoms with Gasteiger partial charge in [-0.1, -0.05) is 22.0 Å². The van der Waals surface area contributed by atoms with E-state index in [1.807, 2.05) is 0 Å². The largest absolute Gasteiger partial charge is 0.323 e. The average Bonchev–Trinajstić information content (AvgIpc) is 3.15. The highest BCUT2D eigenvalue weighted by atomic mass is 79.9. The number of benzene rings is 1. The van der Waals surface area contributed by atoms with Crippen molar-refractivity contribution in [3.8, 4) is 0 Å². The fourth-order valence-electron chi connectivity index (χ4n) is 2.62. The van der Waals surface area contributed by atoms with Crippen LogP contribution in [0.5, 0.6) is 0 Å². The van der Waals surface area contributed by atoms with Crippen LogP contribution in [0.1, 0.15) is 25.3 Å². The molecule has 1 aromatic carbocycles. The number of carbonyl (C=O) groups excluding carboxylic acids is 1. The van der Waals surface area contributed by atoms with E-state index in [2.05, 4.69) is 21.2 Å². The molecule has 3 rings (SSSR count). The Kier molecular flexibility index (Phi) is 3.08. The maximum Gasteiger partial charge on any atom is 0.323 e. The molecule has 0 aromatic heterocycles. The van der Waals surface area contributed by atoms with Gasteiger partial charge in [0.1, 0.15) is 17.2 Å². The summed E-state index contributed by atoms with van der Waals surface area (Å²) in [5.74, 6) is 0.0952. The predicted octanol–water partition coefficient (Wildman–Crippen LogP) is 3.22. The lowest BCUT2D eigenvalue weighted by molar-refractivity contribution is 0.174. The van der Waals surface area contributed by atoms with Gasteiger partial charge in [0, 0.05) is 16.6 Å². The van der Waals surface area contributed by atoms with Gasteiger partial charge in [0.05, 0.1) is 0 Å². The average molecular weight is 340 g/mol. The maximum atomic E-state index is 14.3. The smallest absolute Gasteiger partial charge is 0.307 e. The normalized spacial score (nSPS) is 26.1. The van der Waals surface area contributed by atoms with Crippen LogP contribution in [-0.4, -0.2) is 23.3 Å². The molecule has 20 heavy (non-hydrogen) atoms. The summed E-state index contributed by atoms with van der Waals surface area (Å²) in [6.07, 6.45) is 2.19. The van der Waals surface area contributed by atoms with Gasteiger partial charge in [0.2, 0.25) is 0 Å². The highest BCUT2D eigenvalue weighted by molar-refractivity contribution is 9.10. The zero-order valence-corrected chi connectivity index (χ0v) is 12.6. The number of carbonyl (C=O) groups is 1. The number of amidine groups is 1. The number of hydrogen-bond acceptors (Lipinski definition) is 2. The summed E-state index contributed by atoms with van der Waals surface area (Å²) in [4.78, 5) is 13.6. The van der Waals surface area contributed by atoms with Crippen LogP contribution in [0, 0.1) is 17.1 Å². The van der Waals surface area contributed by atoms with Gasteiger partial charge in [-0.2, -0.15) is 0 Å². The molecule has 1 aliphatic carbocycles. The van der Waals surface area contributed by atoms with Crippen molar-refractivity contribution < 1.29 is 9.18 Å². The Hall–Kier alpha value is -1.43. The fourth-order valence-corrected chi connectivity index (χ4v) is 2.96. The Labute approximate surface area is 125 Å². The van der Waals surface area contributed by atoms with Crippen LogP contribution in [0.4, 0.5) is 9.18 Å². The Morgan fingerprint density at radius 2 is 2.25 bits per heavy atom. The van der Waals surface area contributed by atoms with Gasteiger partial charge in [-0.3, -0.25) is 10.7 Å². The van der Waals surface area contributed by atoms with E-state index < -0.39 is 11.4 Å². The van der Waals surface area contributed by atoms with Crippen LogP contribution in [0.3, 0.4) is 0 Å². The van der Waals surface area contributed by atoms with E-state index >= 15 is 0 Å². The molecule has 0 bridgehead atoms. The number of rotatable bonds is 3. The highest BCUT2D eigenvalue weighted by Crippen LogP contribution is 2.39. The topological polar surface area (TPSA) is 56.2 Å². The number of halogens is 2. The van der Waals surface area contributed by atoms with Crippen molar-refractivity contribution in [1.82, 2.24) is 10.2 Å². The van der Waals surface area contributed by atoms with Gasteiger partial charge in [0.15, 0.2) is 0 Å². The minimum Gasteiger partial charge on any atom is -0.307 e. The molecular weight excluding hydrogens is 325 g/mol. The van der Waals surface area contributed by atoms with E-state index in [0.29, 0.717) is 22.5 Å². The van der Waals surface area contributed by atoms with Crippen molar-refractivity contribution >= 4 is 27.8 Å². The van der Waals surface area contributed by atoms with Crippen molar-refractivity contribution in [1.29, 1.82) is 5.41 Å². The molecule has 1 atom stereocenters. The van der Waals surface area contributed by atoms with Crippen molar-refractivity contribution in [3.05, 3.63) is 34.1 Å². The summed E-state index contributed by atoms with van der Waals surface area (Å²) in [6, 6.07) is 4.42. The maximum absolute atomic E-state index is 14.3. The monoisotopic (exact) mass is 339 g/mol. The fraction of sp³-hybridized carbons (Fsp3) is 0.429. The second kappa shape index (κ2) is 4.55. The first-order valence-electron chi connectivity index (χ1n) is 6.56. The standard InChI is InChI=1S/C14H15BrFN3O/c1-14(10-5-4-9(15)6-11(10)16)12(17)18-13(20)19(14)7-8-2-3-8/h4-6,8H,2-3,7H2,1H3,(H2,17,18,20). The lowest BCUT2D eigenvalue weighted by Gasteiger charge is -2.34. The Balaban J connectivity index is 2.05. The molecule has 4 nitrogen and oxygen atoms in total. The molecule has 1 saturated carbocycles. The Morgan fingerprint density at radius 3 is 2.85 bits per heavy atom. The first-order chi connectivity index (χ1) is 9.42. The zero-order chi connectivity index (χ0) is 14.5. The van der Waals surface area contributed by atoms with Gasteiger partial charge < -0.3 is 4.90 Å². The van der Waals surface area contributed by atoms with Crippen molar-refractivity contribution in [2.45, 2.75) is 25.3 Å². The molecule has 2 aliphatic rings. The summed E-state index contributed by atoms with van der Waals surface area (Å²) < 4.78 is 14.9. The summed E-state index contributed by atoms with van der Waals surface area (Å²) in [6.45, 7) is 2.29. The van der Waals surface area contributed by atoms with E-state index in [0.717, 1.165) is 12.8 Å². The number of hydrogen-bond donors (Lipinski definition) is 2. The summed E-state index contributed by atoms with van der Waals surface area (Å²) >= 11 is 3.23. The lowest BCUT2D eigenvalue weighted by atomic mass is 9.89. The van der Waals surface area contributed by atoms with E-state index in [1.165, 1.54) is 6.07 Å². The molecule has 1 unspecified atom stereocenters. The highest BCUT2D eigenvalue weighted by Gasteiger charge is 2.50. The van der Waals surface area contributed by atoms with Gasteiger partial charge in [-0.15, -0.1) is 0 Å². The summed E-state index contributed by atoms with van der Waals surface area (Å²) in [5, 5.41) is 10.6. The molecule has 1 heterocycles. The van der Waals surface area contributed by atoms with E-state index in [1.54, 1.807) is 24.0 Å². The zero-order valence-electron chi connectivity index (χ0n) is 11.0. The van der Waals surface area contributed by atoms with Crippen molar-refractivity contribution in [3.63, 3.8) is 0 Å². The lowest BCUT2D eigenvalue weighted by Crippen LogP contribution is -2.45. The SMILES string of the molecule is CC1(c2ccc(Br)cc2F)C(=N)NC(=O)N1CC1CC1. The Morgan fingerprint density at radius 1 is 1.55 bits per heavy atom. The van der Waals surface area contributed by atoms with E-state index in [9.17, 15) is 9.18 Å². The third-order valence-corrected chi connectivity index (χ3v) is 4.59. The number of urea groups is 1. The second-order valence-electron chi connectivity index (χ2n) is 5.56. The molecule has 106 valence electrons. The second-order valence-corrected chi connectivity index (χ2v) is 6.47. The van der Waals surface area contributed by atoms with Crippen LogP contribution >= 0.6 is 15.9 Å². The number of nitrogens with zero attached hydrogens (tertiary/aromatic N) is 1. The van der Waals surface area contributed by atoms with E-state index in [4.69, 9.17) is 5.41 Å². The minimum atomic E-state index is -1.05. The van der Waals surface area contributed by atoms with Gasteiger partial charge in [-0.25, -0.2) is 9.18 Å². The molecule has 1 saturated heterocycles. The molecule has 2 amide bonds. The number of nitrogens with one attached hydrogen (secondary N) is 2.